The second-order valence-electron chi connectivity index (χ2n) is 10.2. The Kier molecular flexibility index (Phi) is 5.73. The molecule has 2 aliphatic heterocycles. The van der Waals surface area contributed by atoms with E-state index < -0.39 is 35.9 Å². The summed E-state index contributed by atoms with van der Waals surface area (Å²) in [6.45, 7) is -0.0879. The highest BCUT2D eigenvalue weighted by Gasteiger charge is 2.58. The number of benzene rings is 2. The zero-order valence-corrected chi connectivity index (χ0v) is 20.8. The quantitative estimate of drug-likeness (QED) is 0.638. The van der Waals surface area contributed by atoms with Crippen molar-refractivity contribution in [1.82, 2.24) is 15.1 Å². The maximum absolute atomic E-state index is 14.0. The van der Waals surface area contributed by atoms with Crippen LogP contribution in [0.15, 0.2) is 36.4 Å². The smallest absolute Gasteiger partial charge is 0.418 e. The van der Waals surface area contributed by atoms with Crippen LogP contribution < -0.4 is 15.4 Å². The first kappa shape index (κ1) is 24.2. The van der Waals surface area contributed by atoms with Gasteiger partial charge in [0.15, 0.2) is 0 Å². The number of aryl methyl sites for hydroxylation is 1. The van der Waals surface area contributed by atoms with Crippen molar-refractivity contribution in [3.63, 3.8) is 0 Å². The van der Waals surface area contributed by atoms with E-state index in [4.69, 9.17) is 9.47 Å². The zero-order valence-electron chi connectivity index (χ0n) is 20.8. The van der Waals surface area contributed by atoms with Crippen LogP contribution in [0.2, 0.25) is 0 Å². The van der Waals surface area contributed by atoms with Gasteiger partial charge in [0, 0.05) is 36.8 Å². The third-order valence-electron chi connectivity index (χ3n) is 7.80. The number of hydrogen-bond acceptors (Lipinski definition) is 6. The lowest BCUT2D eigenvalue weighted by molar-refractivity contribution is -0.143. The first-order chi connectivity index (χ1) is 18.3. The molecule has 1 saturated carbocycles. The van der Waals surface area contributed by atoms with Gasteiger partial charge in [-0.15, -0.1) is 0 Å². The fraction of sp³-hybridized carbons (Fsp3) is 0.407. The molecule has 1 spiro atoms. The van der Waals surface area contributed by atoms with E-state index in [1.165, 1.54) is 19.2 Å². The normalized spacial score (nSPS) is 23.9. The Morgan fingerprint density at radius 2 is 1.95 bits per heavy atom. The van der Waals surface area contributed by atoms with E-state index >= 15 is 0 Å². The van der Waals surface area contributed by atoms with E-state index in [0.29, 0.717) is 29.0 Å². The minimum Gasteiger partial charge on any atom is -0.491 e. The standard InChI is InChI=1S/C27H27FN4O6/c1-29-25(35)30-19-5-6-20-16(11-19)8-9-27(20)24(34)32(26(36)38-27)13-23(33)31-12-17-10-18(28)4-7-22(17)37-14-21(31)15-2-3-15/h4-7,10-11,15,21H,2-3,8-9,12-14H2,1H3,(H2,29,30,35)/t21?,27-/m1/s1. The summed E-state index contributed by atoms with van der Waals surface area (Å²) in [6.07, 6.45) is 1.74. The Morgan fingerprint density at radius 1 is 1.13 bits per heavy atom. The number of amides is 5. The van der Waals surface area contributed by atoms with E-state index in [2.05, 4.69) is 10.6 Å². The molecule has 2 fully saturated rings. The van der Waals surface area contributed by atoms with Gasteiger partial charge >= 0.3 is 12.1 Å². The number of nitrogens with zero attached hydrogens (tertiary/aromatic N) is 2. The van der Waals surface area contributed by atoms with Gasteiger partial charge in [0.05, 0.1) is 6.04 Å². The molecular weight excluding hydrogens is 495 g/mol. The maximum Gasteiger partial charge on any atom is 0.418 e. The molecule has 2 aromatic rings. The highest BCUT2D eigenvalue weighted by Crippen LogP contribution is 2.46. The van der Waals surface area contributed by atoms with E-state index in [-0.39, 0.29) is 37.6 Å². The molecule has 1 saturated heterocycles. The SMILES string of the molecule is CNC(=O)Nc1ccc2c(c1)CC[C@@]21OC(=O)N(CC(=O)N2Cc3cc(F)ccc3OCC2C2CC2)C1=O. The summed E-state index contributed by atoms with van der Waals surface area (Å²) in [5.41, 5.74) is 0.933. The number of imide groups is 1. The van der Waals surface area contributed by atoms with Crippen molar-refractivity contribution in [2.24, 2.45) is 5.92 Å². The minimum absolute atomic E-state index is 0.124. The van der Waals surface area contributed by atoms with Crippen LogP contribution in [-0.4, -0.2) is 60.0 Å². The molecule has 6 rings (SSSR count). The molecule has 2 aromatic carbocycles. The third kappa shape index (κ3) is 4.02. The maximum atomic E-state index is 14.0. The van der Waals surface area contributed by atoms with Crippen molar-refractivity contribution >= 4 is 29.6 Å². The van der Waals surface area contributed by atoms with Gasteiger partial charge in [0.1, 0.15) is 24.7 Å². The summed E-state index contributed by atoms with van der Waals surface area (Å²) >= 11 is 0. The monoisotopic (exact) mass is 522 g/mol. The van der Waals surface area contributed by atoms with Crippen molar-refractivity contribution in [3.8, 4) is 5.75 Å². The van der Waals surface area contributed by atoms with E-state index in [1.807, 2.05) is 0 Å². The van der Waals surface area contributed by atoms with Gasteiger partial charge in [0.25, 0.3) is 5.91 Å². The number of carbonyl (C=O) groups is 4. The van der Waals surface area contributed by atoms with Crippen LogP contribution in [0, 0.1) is 11.7 Å². The molecule has 198 valence electrons. The highest BCUT2D eigenvalue weighted by molar-refractivity contribution is 6.06. The van der Waals surface area contributed by atoms with E-state index in [1.54, 1.807) is 29.2 Å². The second-order valence-corrected chi connectivity index (χ2v) is 10.2. The Balaban J connectivity index is 1.23. The predicted octanol–water partition coefficient (Wildman–Crippen LogP) is 2.90. The molecular formula is C27H27FN4O6. The second kappa shape index (κ2) is 9.00. The lowest BCUT2D eigenvalue weighted by Gasteiger charge is -2.30. The fourth-order valence-electron chi connectivity index (χ4n) is 5.67. The number of anilines is 1. The van der Waals surface area contributed by atoms with Crippen LogP contribution in [-0.2, 0) is 32.9 Å². The summed E-state index contributed by atoms with van der Waals surface area (Å²) in [7, 11) is 1.51. The number of carbonyl (C=O) groups excluding carboxylic acids is 4. The van der Waals surface area contributed by atoms with Crippen LogP contribution in [0.5, 0.6) is 5.75 Å². The summed E-state index contributed by atoms with van der Waals surface area (Å²) in [5.74, 6) is -0.658. The van der Waals surface area contributed by atoms with Gasteiger partial charge in [-0.25, -0.2) is 18.9 Å². The molecule has 2 N–H and O–H groups in total. The van der Waals surface area contributed by atoms with Crippen molar-refractivity contribution in [2.75, 3.05) is 25.5 Å². The molecule has 0 bridgehead atoms. The average molecular weight is 523 g/mol. The number of rotatable bonds is 4. The molecule has 11 heteroatoms. The molecule has 4 aliphatic rings. The molecule has 2 atom stereocenters. The van der Waals surface area contributed by atoms with Crippen molar-refractivity contribution in [2.45, 2.75) is 43.9 Å². The molecule has 38 heavy (non-hydrogen) atoms. The van der Waals surface area contributed by atoms with Gasteiger partial charge < -0.3 is 25.0 Å². The van der Waals surface area contributed by atoms with Crippen LogP contribution in [0.3, 0.4) is 0 Å². The van der Waals surface area contributed by atoms with Gasteiger partial charge in [-0.1, -0.05) is 6.07 Å². The van der Waals surface area contributed by atoms with Gasteiger partial charge in [-0.05, 0) is 61.1 Å². The Labute approximate surface area is 218 Å². The molecule has 10 nitrogen and oxygen atoms in total. The number of urea groups is 1. The molecule has 0 aromatic heterocycles. The number of halogens is 1. The molecule has 5 amide bonds. The summed E-state index contributed by atoms with van der Waals surface area (Å²) in [4.78, 5) is 54.3. The number of nitrogens with one attached hydrogen (secondary N) is 2. The van der Waals surface area contributed by atoms with Crippen molar-refractivity contribution in [3.05, 3.63) is 58.9 Å². The zero-order chi connectivity index (χ0) is 26.6. The topological polar surface area (TPSA) is 117 Å². The lowest BCUT2D eigenvalue weighted by atomic mass is 9.94. The highest BCUT2D eigenvalue weighted by atomic mass is 19.1. The van der Waals surface area contributed by atoms with E-state index in [9.17, 15) is 23.6 Å². The fourth-order valence-corrected chi connectivity index (χ4v) is 5.67. The van der Waals surface area contributed by atoms with Crippen LogP contribution in [0.4, 0.5) is 19.7 Å². The average Bonchev–Trinajstić information content (AvgIpc) is 3.66. The van der Waals surface area contributed by atoms with Crippen molar-refractivity contribution in [1.29, 1.82) is 0 Å². The van der Waals surface area contributed by atoms with Crippen LogP contribution in [0.25, 0.3) is 0 Å². The largest absolute Gasteiger partial charge is 0.491 e. The molecule has 1 unspecified atom stereocenters. The summed E-state index contributed by atoms with van der Waals surface area (Å²) in [5, 5.41) is 5.17. The molecule has 0 radical (unpaired) electrons. The van der Waals surface area contributed by atoms with Crippen LogP contribution >= 0.6 is 0 Å². The number of hydrogen-bond donors (Lipinski definition) is 2. The van der Waals surface area contributed by atoms with Crippen LogP contribution in [0.1, 0.15) is 36.0 Å². The number of ether oxygens (including phenoxy) is 2. The van der Waals surface area contributed by atoms with Gasteiger partial charge in [-0.3, -0.25) is 9.59 Å². The first-order valence-corrected chi connectivity index (χ1v) is 12.7. The Hall–Kier alpha value is -4.15. The summed E-state index contributed by atoms with van der Waals surface area (Å²) < 4.78 is 25.5. The van der Waals surface area contributed by atoms with Gasteiger partial charge in [-0.2, -0.15) is 0 Å². The van der Waals surface area contributed by atoms with E-state index in [0.717, 1.165) is 23.3 Å². The molecule has 2 aliphatic carbocycles. The Morgan fingerprint density at radius 3 is 2.71 bits per heavy atom. The Bertz CT molecular complexity index is 1360. The first-order valence-electron chi connectivity index (χ1n) is 12.7. The lowest BCUT2D eigenvalue weighted by Crippen LogP contribution is -2.49. The summed E-state index contributed by atoms with van der Waals surface area (Å²) in [6, 6.07) is 8.67. The third-order valence-corrected chi connectivity index (χ3v) is 7.80. The number of fused-ring (bicyclic) bond motifs is 3. The minimum atomic E-state index is -1.49. The predicted molar refractivity (Wildman–Crippen MR) is 132 cm³/mol. The van der Waals surface area contributed by atoms with Gasteiger partial charge in [0.2, 0.25) is 11.5 Å². The van der Waals surface area contributed by atoms with Crippen molar-refractivity contribution < 1.29 is 33.0 Å². The molecule has 2 heterocycles.